The largest absolute Gasteiger partial charge is 0.444 e. The fraction of sp³-hybridized carbons (Fsp3) is 0.933. The van der Waals surface area contributed by atoms with Crippen molar-refractivity contribution in [3.63, 3.8) is 0 Å². The maximum Gasteiger partial charge on any atom is 0.407 e. The fourth-order valence-electron chi connectivity index (χ4n) is 2.24. The molecule has 1 saturated heterocycles. The van der Waals surface area contributed by atoms with Crippen molar-refractivity contribution in [1.82, 2.24) is 9.62 Å². The third-order valence-electron chi connectivity index (χ3n) is 3.58. The zero-order chi connectivity index (χ0) is 17.2. The Kier molecular flexibility index (Phi) is 5.89. The Bertz CT molecular complexity index is 489. The van der Waals surface area contributed by atoms with Gasteiger partial charge in [-0.1, -0.05) is 20.8 Å². The predicted molar refractivity (Wildman–Crippen MR) is 87.2 cm³/mol. The number of nitrogens with one attached hydrogen (secondary N) is 1. The van der Waals surface area contributed by atoms with Gasteiger partial charge in [-0.2, -0.15) is 4.31 Å². The summed E-state index contributed by atoms with van der Waals surface area (Å²) in [7, 11) is -3.21. The molecule has 0 spiro atoms. The lowest BCUT2D eigenvalue weighted by Crippen LogP contribution is -2.54. The van der Waals surface area contributed by atoms with E-state index in [1.54, 1.807) is 20.8 Å². The van der Waals surface area contributed by atoms with E-state index in [2.05, 4.69) is 5.32 Å². The zero-order valence-electron chi connectivity index (χ0n) is 14.6. The zero-order valence-corrected chi connectivity index (χ0v) is 15.4. The van der Waals surface area contributed by atoms with Gasteiger partial charge >= 0.3 is 6.09 Å². The van der Waals surface area contributed by atoms with Gasteiger partial charge in [0.15, 0.2) is 0 Å². The molecule has 1 N–H and O–H groups in total. The summed E-state index contributed by atoms with van der Waals surface area (Å²) in [5.74, 6) is 0.191. The van der Waals surface area contributed by atoms with Gasteiger partial charge < -0.3 is 10.1 Å². The van der Waals surface area contributed by atoms with E-state index in [-0.39, 0.29) is 23.8 Å². The summed E-state index contributed by atoms with van der Waals surface area (Å²) in [4.78, 5) is 12.0. The van der Waals surface area contributed by atoms with E-state index < -0.39 is 21.7 Å². The number of carbonyl (C=O) groups is 1. The molecule has 6 nitrogen and oxygen atoms in total. The van der Waals surface area contributed by atoms with Gasteiger partial charge in [-0.25, -0.2) is 13.2 Å². The first kappa shape index (κ1) is 19.2. The molecule has 7 heteroatoms. The highest BCUT2D eigenvalue weighted by Gasteiger charge is 2.34. The molecule has 22 heavy (non-hydrogen) atoms. The van der Waals surface area contributed by atoms with Gasteiger partial charge in [-0.3, -0.25) is 0 Å². The van der Waals surface area contributed by atoms with Crippen molar-refractivity contribution in [2.24, 2.45) is 5.41 Å². The summed E-state index contributed by atoms with van der Waals surface area (Å²) in [6, 6.07) is -0.310. The number of ether oxygens (including phenoxy) is 1. The lowest BCUT2D eigenvalue weighted by molar-refractivity contribution is 0.0452. The first-order valence-corrected chi connectivity index (χ1v) is 9.39. The number of carbonyl (C=O) groups excluding carboxylic acids is 1. The molecule has 0 bridgehead atoms. The second-order valence-electron chi connectivity index (χ2n) is 7.95. The minimum Gasteiger partial charge on any atom is -0.444 e. The highest BCUT2D eigenvalue weighted by atomic mass is 32.2. The van der Waals surface area contributed by atoms with Crippen LogP contribution >= 0.6 is 0 Å². The van der Waals surface area contributed by atoms with E-state index in [0.29, 0.717) is 13.0 Å². The quantitative estimate of drug-likeness (QED) is 0.859. The van der Waals surface area contributed by atoms with Crippen molar-refractivity contribution in [1.29, 1.82) is 0 Å². The molecule has 1 fully saturated rings. The summed E-state index contributed by atoms with van der Waals surface area (Å²) in [6.07, 6.45) is 1.06. The monoisotopic (exact) mass is 334 g/mol. The summed E-state index contributed by atoms with van der Waals surface area (Å²) in [6.45, 7) is 12.1. The van der Waals surface area contributed by atoms with Crippen LogP contribution < -0.4 is 5.32 Å². The minimum absolute atomic E-state index is 0.191. The van der Waals surface area contributed by atoms with Crippen molar-refractivity contribution in [2.75, 3.05) is 18.8 Å². The normalized spacial score (nSPS) is 21.2. The summed E-state index contributed by atoms with van der Waals surface area (Å²) < 4.78 is 31.1. The first-order valence-electron chi connectivity index (χ1n) is 7.79. The Hall–Kier alpha value is -0.820. The lowest BCUT2D eigenvalue weighted by atomic mass is 9.86. The molecule has 0 aromatic carbocycles. The van der Waals surface area contributed by atoms with Crippen molar-refractivity contribution in [3.8, 4) is 0 Å². The molecule has 130 valence electrons. The molecule has 1 heterocycles. The van der Waals surface area contributed by atoms with E-state index in [9.17, 15) is 13.2 Å². The van der Waals surface area contributed by atoms with Crippen molar-refractivity contribution in [3.05, 3.63) is 0 Å². The molecule has 1 amide bonds. The average Bonchev–Trinajstić information content (AvgIpc) is 2.26. The van der Waals surface area contributed by atoms with E-state index in [0.717, 1.165) is 6.42 Å². The molecule has 0 aromatic rings. The van der Waals surface area contributed by atoms with Gasteiger partial charge in [0.25, 0.3) is 0 Å². The van der Waals surface area contributed by atoms with Crippen LogP contribution in [0.4, 0.5) is 4.79 Å². The van der Waals surface area contributed by atoms with Crippen LogP contribution in [0.5, 0.6) is 0 Å². The number of amides is 1. The van der Waals surface area contributed by atoms with Crippen LogP contribution in [-0.4, -0.2) is 49.3 Å². The maximum atomic E-state index is 12.1. The van der Waals surface area contributed by atoms with Gasteiger partial charge in [0.05, 0.1) is 11.8 Å². The average molecular weight is 334 g/mol. The SMILES string of the molecule is CC(C)(C)OC(=O)N[C@H](CN1CCCCS1(=O)=O)C(C)(C)C. The lowest BCUT2D eigenvalue weighted by Gasteiger charge is -2.37. The van der Waals surface area contributed by atoms with Crippen LogP contribution in [0.1, 0.15) is 54.4 Å². The smallest absolute Gasteiger partial charge is 0.407 e. The number of hydrogen-bond acceptors (Lipinski definition) is 4. The number of sulfonamides is 1. The molecule has 1 aliphatic heterocycles. The van der Waals surface area contributed by atoms with Crippen molar-refractivity contribution in [2.45, 2.75) is 66.0 Å². The standard InChI is InChI=1S/C15H30N2O4S/c1-14(2,3)12(16-13(18)21-15(4,5)6)11-17-9-7-8-10-22(17,19)20/h12H,7-11H2,1-6H3,(H,16,18)/t12-/m1/s1. The number of nitrogens with zero attached hydrogens (tertiary/aromatic N) is 1. The van der Waals surface area contributed by atoms with Crippen molar-refractivity contribution < 1.29 is 17.9 Å². The fourth-order valence-corrected chi connectivity index (χ4v) is 3.85. The minimum atomic E-state index is -3.21. The second-order valence-corrected chi connectivity index (χ2v) is 10.0. The van der Waals surface area contributed by atoms with Crippen LogP contribution in [0.25, 0.3) is 0 Å². The van der Waals surface area contributed by atoms with Crippen LogP contribution in [0.15, 0.2) is 0 Å². The Morgan fingerprint density at radius 3 is 2.23 bits per heavy atom. The van der Waals surface area contributed by atoms with Gasteiger partial charge in [-0.15, -0.1) is 0 Å². The Morgan fingerprint density at radius 2 is 1.77 bits per heavy atom. The molecule has 0 aliphatic carbocycles. The summed E-state index contributed by atoms with van der Waals surface area (Å²) in [5.41, 5.74) is -0.854. The molecule has 0 aromatic heterocycles. The molecule has 1 rings (SSSR count). The number of rotatable bonds is 3. The molecular formula is C15H30N2O4S. The first-order chi connectivity index (χ1) is 9.81. The Balaban J connectivity index is 2.80. The maximum absolute atomic E-state index is 12.1. The molecule has 0 unspecified atom stereocenters. The van der Waals surface area contributed by atoms with Crippen LogP contribution in [-0.2, 0) is 14.8 Å². The molecule has 1 aliphatic rings. The van der Waals surface area contributed by atoms with Crippen LogP contribution in [0.2, 0.25) is 0 Å². The molecule has 1 atom stereocenters. The van der Waals surface area contributed by atoms with Gasteiger partial charge in [0.2, 0.25) is 10.0 Å². The summed E-state index contributed by atoms with van der Waals surface area (Å²) >= 11 is 0. The number of hydrogen-bond donors (Lipinski definition) is 1. The predicted octanol–water partition coefficient (Wildman–Crippen LogP) is 2.35. The number of alkyl carbamates (subject to hydrolysis) is 1. The Labute approximate surface area is 134 Å². The Morgan fingerprint density at radius 1 is 1.18 bits per heavy atom. The van der Waals surface area contributed by atoms with E-state index >= 15 is 0 Å². The third kappa shape index (κ3) is 6.12. The second kappa shape index (κ2) is 6.74. The van der Waals surface area contributed by atoms with E-state index in [1.165, 1.54) is 4.31 Å². The van der Waals surface area contributed by atoms with E-state index in [4.69, 9.17) is 4.74 Å². The van der Waals surface area contributed by atoms with Gasteiger partial charge in [-0.05, 0) is 39.0 Å². The highest BCUT2D eigenvalue weighted by Crippen LogP contribution is 2.23. The molecule has 0 radical (unpaired) electrons. The topological polar surface area (TPSA) is 75.7 Å². The molecular weight excluding hydrogens is 304 g/mol. The third-order valence-corrected chi connectivity index (χ3v) is 5.50. The summed E-state index contributed by atoms with van der Waals surface area (Å²) in [5, 5.41) is 2.83. The molecule has 0 saturated carbocycles. The van der Waals surface area contributed by atoms with E-state index in [1.807, 2.05) is 20.8 Å². The van der Waals surface area contributed by atoms with Gasteiger partial charge in [0, 0.05) is 13.1 Å². The van der Waals surface area contributed by atoms with Gasteiger partial charge in [0.1, 0.15) is 5.60 Å². The highest BCUT2D eigenvalue weighted by molar-refractivity contribution is 7.89. The van der Waals surface area contributed by atoms with Crippen LogP contribution in [0, 0.1) is 5.41 Å². The van der Waals surface area contributed by atoms with Crippen LogP contribution in [0.3, 0.4) is 0 Å². The van der Waals surface area contributed by atoms with Crippen molar-refractivity contribution >= 4 is 16.1 Å².